The average Bonchev–Trinajstić information content (AvgIpc) is 2.79. The molecule has 2 heterocycles. The van der Waals surface area contributed by atoms with E-state index in [1.807, 2.05) is 11.3 Å². The van der Waals surface area contributed by atoms with Crippen molar-refractivity contribution in [2.75, 3.05) is 13.2 Å². The van der Waals surface area contributed by atoms with E-state index in [0.717, 1.165) is 19.1 Å². The highest BCUT2D eigenvalue weighted by Crippen LogP contribution is 2.42. The summed E-state index contributed by atoms with van der Waals surface area (Å²) in [5.74, 6) is 0.884. The first-order chi connectivity index (χ1) is 6.93. The Hall–Kier alpha value is -0.380. The van der Waals surface area contributed by atoms with Crippen LogP contribution in [0, 0.1) is 5.92 Å². The Labute approximate surface area is 88.3 Å². The van der Waals surface area contributed by atoms with Gasteiger partial charge in [-0.05, 0) is 30.2 Å². The van der Waals surface area contributed by atoms with Gasteiger partial charge in [-0.1, -0.05) is 6.07 Å². The Balaban J connectivity index is 1.69. The molecule has 0 aromatic carbocycles. The molecule has 1 aromatic heterocycles. The normalized spacial score (nSPS) is 24.6. The van der Waals surface area contributed by atoms with Gasteiger partial charge in [0.05, 0.1) is 19.3 Å². The van der Waals surface area contributed by atoms with Crippen molar-refractivity contribution in [3.8, 4) is 0 Å². The molecule has 2 fully saturated rings. The molecule has 1 saturated heterocycles. The third kappa shape index (κ3) is 1.72. The fraction of sp³-hybridized carbons (Fsp3) is 0.636. The second-order valence-corrected chi connectivity index (χ2v) is 5.21. The van der Waals surface area contributed by atoms with Crippen LogP contribution in [0.3, 0.4) is 0 Å². The number of hydrogen-bond acceptors (Lipinski definition) is 3. The van der Waals surface area contributed by atoms with Gasteiger partial charge in [0.25, 0.3) is 0 Å². The summed E-state index contributed by atoms with van der Waals surface area (Å²) in [7, 11) is 0. The van der Waals surface area contributed by atoms with Crippen molar-refractivity contribution in [3.05, 3.63) is 22.4 Å². The molecule has 1 aromatic rings. The second kappa shape index (κ2) is 3.65. The Morgan fingerprint density at radius 3 is 2.79 bits per heavy atom. The molecule has 1 unspecified atom stereocenters. The number of hydrogen-bond donors (Lipinski definition) is 1. The van der Waals surface area contributed by atoms with Gasteiger partial charge < -0.3 is 10.1 Å². The highest BCUT2D eigenvalue weighted by atomic mass is 32.1. The fourth-order valence-electron chi connectivity index (χ4n) is 1.93. The number of nitrogens with one attached hydrogen (secondary N) is 1. The standard InChI is InChI=1S/C11H15NOS/c1-2-10(14-5-1)11(8-3-4-8)12-9-6-13-7-9/h1-2,5,8-9,11-12H,3-4,6-7H2. The molecule has 0 radical (unpaired) electrons. The lowest BCUT2D eigenvalue weighted by Crippen LogP contribution is -2.47. The zero-order valence-corrected chi connectivity index (χ0v) is 8.93. The topological polar surface area (TPSA) is 21.3 Å². The summed E-state index contributed by atoms with van der Waals surface area (Å²) in [5, 5.41) is 5.87. The van der Waals surface area contributed by atoms with Crippen molar-refractivity contribution in [1.82, 2.24) is 5.32 Å². The molecule has 0 spiro atoms. The van der Waals surface area contributed by atoms with E-state index >= 15 is 0 Å². The van der Waals surface area contributed by atoms with Crippen molar-refractivity contribution < 1.29 is 4.74 Å². The van der Waals surface area contributed by atoms with E-state index in [-0.39, 0.29) is 0 Å². The minimum atomic E-state index is 0.600. The maximum Gasteiger partial charge on any atom is 0.0643 e. The Bertz CT molecular complexity index is 290. The van der Waals surface area contributed by atoms with Crippen molar-refractivity contribution >= 4 is 11.3 Å². The van der Waals surface area contributed by atoms with Gasteiger partial charge in [-0.25, -0.2) is 0 Å². The van der Waals surface area contributed by atoms with E-state index in [0.29, 0.717) is 12.1 Å². The molecule has 3 heteroatoms. The minimum Gasteiger partial charge on any atom is -0.378 e. The molecular weight excluding hydrogens is 194 g/mol. The zero-order valence-electron chi connectivity index (χ0n) is 8.11. The predicted molar refractivity (Wildman–Crippen MR) is 57.5 cm³/mol. The third-order valence-corrected chi connectivity index (χ3v) is 3.95. The van der Waals surface area contributed by atoms with E-state index in [1.54, 1.807) is 0 Å². The summed E-state index contributed by atoms with van der Waals surface area (Å²) >= 11 is 1.87. The molecule has 1 atom stereocenters. The largest absolute Gasteiger partial charge is 0.378 e. The quantitative estimate of drug-likeness (QED) is 0.820. The van der Waals surface area contributed by atoms with E-state index in [2.05, 4.69) is 22.8 Å². The third-order valence-electron chi connectivity index (χ3n) is 3.00. The molecule has 3 rings (SSSR count). The van der Waals surface area contributed by atoms with Crippen molar-refractivity contribution in [2.45, 2.75) is 24.9 Å². The van der Waals surface area contributed by atoms with Crippen LogP contribution in [0.15, 0.2) is 17.5 Å². The smallest absolute Gasteiger partial charge is 0.0643 e. The highest BCUT2D eigenvalue weighted by Gasteiger charge is 2.35. The van der Waals surface area contributed by atoms with Crippen LogP contribution in [0.25, 0.3) is 0 Å². The molecule has 1 aliphatic carbocycles. The van der Waals surface area contributed by atoms with Crippen LogP contribution in [0.2, 0.25) is 0 Å². The molecular formula is C11H15NOS. The first-order valence-corrected chi connectivity index (χ1v) is 6.18. The van der Waals surface area contributed by atoms with Gasteiger partial charge in [0.15, 0.2) is 0 Å². The molecule has 2 nitrogen and oxygen atoms in total. The molecule has 1 saturated carbocycles. The lowest BCUT2D eigenvalue weighted by Gasteiger charge is -2.31. The van der Waals surface area contributed by atoms with Gasteiger partial charge in [-0.3, -0.25) is 0 Å². The minimum absolute atomic E-state index is 0.600. The number of thiophene rings is 1. The molecule has 0 bridgehead atoms. The maximum atomic E-state index is 5.19. The fourth-order valence-corrected chi connectivity index (χ4v) is 2.81. The van der Waals surface area contributed by atoms with Crippen LogP contribution in [0.1, 0.15) is 23.8 Å². The summed E-state index contributed by atoms with van der Waals surface area (Å²) in [5.41, 5.74) is 0. The summed E-state index contributed by atoms with van der Waals surface area (Å²) in [6.07, 6.45) is 2.78. The molecule has 14 heavy (non-hydrogen) atoms. The molecule has 2 aliphatic rings. The zero-order chi connectivity index (χ0) is 9.38. The van der Waals surface area contributed by atoms with Crippen molar-refractivity contribution in [3.63, 3.8) is 0 Å². The summed E-state index contributed by atoms with van der Waals surface area (Å²) in [4.78, 5) is 1.50. The van der Waals surface area contributed by atoms with E-state index < -0.39 is 0 Å². The van der Waals surface area contributed by atoms with Crippen molar-refractivity contribution in [1.29, 1.82) is 0 Å². The lowest BCUT2D eigenvalue weighted by molar-refractivity contribution is -0.0111. The molecule has 1 aliphatic heterocycles. The summed E-state index contributed by atoms with van der Waals surface area (Å²) < 4.78 is 5.19. The summed E-state index contributed by atoms with van der Waals surface area (Å²) in [6, 6.07) is 5.60. The first kappa shape index (κ1) is 8.89. The van der Waals surface area contributed by atoms with Crippen LogP contribution in [-0.2, 0) is 4.74 Å². The van der Waals surface area contributed by atoms with Crippen LogP contribution in [0.4, 0.5) is 0 Å². The van der Waals surface area contributed by atoms with Crippen LogP contribution in [-0.4, -0.2) is 19.3 Å². The van der Waals surface area contributed by atoms with Gasteiger partial charge in [0, 0.05) is 10.9 Å². The Morgan fingerprint density at radius 1 is 1.43 bits per heavy atom. The van der Waals surface area contributed by atoms with Gasteiger partial charge in [-0.15, -0.1) is 11.3 Å². The van der Waals surface area contributed by atoms with Crippen LogP contribution >= 0.6 is 11.3 Å². The average molecular weight is 209 g/mol. The monoisotopic (exact) mass is 209 g/mol. The lowest BCUT2D eigenvalue weighted by atomic mass is 10.1. The van der Waals surface area contributed by atoms with Crippen LogP contribution < -0.4 is 5.32 Å². The van der Waals surface area contributed by atoms with E-state index in [4.69, 9.17) is 4.74 Å². The predicted octanol–water partition coefficient (Wildman–Crippen LogP) is 2.19. The van der Waals surface area contributed by atoms with Crippen LogP contribution in [0.5, 0.6) is 0 Å². The first-order valence-electron chi connectivity index (χ1n) is 5.30. The van der Waals surface area contributed by atoms with Gasteiger partial charge >= 0.3 is 0 Å². The molecule has 1 N–H and O–H groups in total. The van der Waals surface area contributed by atoms with E-state index in [1.165, 1.54) is 17.7 Å². The van der Waals surface area contributed by atoms with Gasteiger partial charge in [-0.2, -0.15) is 0 Å². The van der Waals surface area contributed by atoms with E-state index in [9.17, 15) is 0 Å². The maximum absolute atomic E-state index is 5.19. The Kier molecular flexibility index (Phi) is 2.32. The highest BCUT2D eigenvalue weighted by molar-refractivity contribution is 7.10. The second-order valence-electron chi connectivity index (χ2n) is 4.23. The SMILES string of the molecule is c1csc(C(NC2COC2)C2CC2)c1. The summed E-state index contributed by atoms with van der Waals surface area (Å²) in [6.45, 7) is 1.79. The molecule has 76 valence electrons. The number of rotatable bonds is 4. The molecule has 0 amide bonds. The van der Waals surface area contributed by atoms with Crippen molar-refractivity contribution in [2.24, 2.45) is 5.92 Å². The van der Waals surface area contributed by atoms with Gasteiger partial charge in [0.2, 0.25) is 0 Å². The van der Waals surface area contributed by atoms with Gasteiger partial charge in [0.1, 0.15) is 0 Å². The number of ether oxygens (including phenoxy) is 1. The Morgan fingerprint density at radius 2 is 2.29 bits per heavy atom.